The molecule has 0 saturated heterocycles. The van der Waals surface area contributed by atoms with Gasteiger partial charge in [-0.3, -0.25) is 9.59 Å². The molecule has 0 aliphatic heterocycles. The van der Waals surface area contributed by atoms with Crippen molar-refractivity contribution in [2.24, 2.45) is 5.41 Å². The highest BCUT2D eigenvalue weighted by molar-refractivity contribution is 5.97. The molecular weight excluding hydrogens is 268 g/mol. The SMILES string of the molecule is CC(NC(=O)c1ccccc1)C(=O)NCC1(CCO)CC1. The van der Waals surface area contributed by atoms with Gasteiger partial charge >= 0.3 is 0 Å². The highest BCUT2D eigenvalue weighted by Gasteiger charge is 2.42. The summed E-state index contributed by atoms with van der Waals surface area (Å²) in [4.78, 5) is 24.0. The molecule has 1 fully saturated rings. The predicted molar refractivity (Wildman–Crippen MR) is 79.7 cm³/mol. The Hall–Kier alpha value is -1.88. The molecule has 0 spiro atoms. The van der Waals surface area contributed by atoms with E-state index in [9.17, 15) is 9.59 Å². The number of aliphatic hydroxyl groups excluding tert-OH is 1. The Morgan fingerprint density at radius 2 is 1.95 bits per heavy atom. The van der Waals surface area contributed by atoms with Crippen molar-refractivity contribution in [3.63, 3.8) is 0 Å². The van der Waals surface area contributed by atoms with Crippen molar-refractivity contribution in [3.05, 3.63) is 35.9 Å². The van der Waals surface area contributed by atoms with Gasteiger partial charge < -0.3 is 15.7 Å². The van der Waals surface area contributed by atoms with Crippen molar-refractivity contribution in [2.75, 3.05) is 13.2 Å². The van der Waals surface area contributed by atoms with Gasteiger partial charge in [0.05, 0.1) is 0 Å². The third-order valence-corrected chi connectivity index (χ3v) is 4.01. The maximum Gasteiger partial charge on any atom is 0.251 e. The van der Waals surface area contributed by atoms with Gasteiger partial charge in [0, 0.05) is 18.7 Å². The molecule has 0 radical (unpaired) electrons. The summed E-state index contributed by atoms with van der Waals surface area (Å²) in [5, 5.41) is 14.5. The Morgan fingerprint density at radius 1 is 1.29 bits per heavy atom. The Balaban J connectivity index is 1.79. The van der Waals surface area contributed by atoms with Crippen LogP contribution in [0.25, 0.3) is 0 Å². The second kappa shape index (κ2) is 6.72. The first-order valence-electron chi connectivity index (χ1n) is 7.31. The molecule has 114 valence electrons. The van der Waals surface area contributed by atoms with E-state index in [1.807, 2.05) is 6.07 Å². The Morgan fingerprint density at radius 3 is 2.52 bits per heavy atom. The highest BCUT2D eigenvalue weighted by Crippen LogP contribution is 2.47. The number of benzene rings is 1. The minimum Gasteiger partial charge on any atom is -0.396 e. The van der Waals surface area contributed by atoms with Crippen LogP contribution in [0.1, 0.15) is 36.5 Å². The number of carbonyl (C=O) groups is 2. The molecule has 1 aliphatic carbocycles. The van der Waals surface area contributed by atoms with Gasteiger partial charge in [-0.05, 0) is 43.7 Å². The third-order valence-electron chi connectivity index (χ3n) is 4.01. The lowest BCUT2D eigenvalue weighted by Gasteiger charge is -2.18. The predicted octanol–water partition coefficient (Wildman–Crippen LogP) is 1.08. The number of hydrogen-bond donors (Lipinski definition) is 3. The number of carbonyl (C=O) groups excluding carboxylic acids is 2. The van der Waals surface area contributed by atoms with E-state index < -0.39 is 6.04 Å². The topological polar surface area (TPSA) is 78.4 Å². The summed E-state index contributed by atoms with van der Waals surface area (Å²) in [6.45, 7) is 2.38. The van der Waals surface area contributed by atoms with Crippen LogP contribution < -0.4 is 10.6 Å². The molecule has 0 aromatic heterocycles. The monoisotopic (exact) mass is 290 g/mol. The minimum absolute atomic E-state index is 0.0770. The van der Waals surface area contributed by atoms with Crippen molar-refractivity contribution in [3.8, 4) is 0 Å². The number of rotatable bonds is 7. The lowest BCUT2D eigenvalue weighted by Crippen LogP contribution is -2.46. The van der Waals surface area contributed by atoms with Crippen LogP contribution in [0.15, 0.2) is 30.3 Å². The number of nitrogens with one attached hydrogen (secondary N) is 2. The quantitative estimate of drug-likeness (QED) is 0.703. The maximum absolute atomic E-state index is 12.0. The van der Waals surface area contributed by atoms with Gasteiger partial charge in [0.1, 0.15) is 6.04 Å². The van der Waals surface area contributed by atoms with E-state index in [1.54, 1.807) is 31.2 Å². The Kier molecular flexibility index (Phi) is 4.96. The molecule has 1 aliphatic rings. The first-order valence-corrected chi connectivity index (χ1v) is 7.31. The summed E-state index contributed by atoms with van der Waals surface area (Å²) in [7, 11) is 0. The average Bonchev–Trinajstić information content (AvgIpc) is 3.26. The van der Waals surface area contributed by atoms with Crippen molar-refractivity contribution in [1.82, 2.24) is 10.6 Å². The van der Waals surface area contributed by atoms with E-state index >= 15 is 0 Å². The minimum atomic E-state index is -0.581. The number of hydrogen-bond acceptors (Lipinski definition) is 3. The lowest BCUT2D eigenvalue weighted by molar-refractivity contribution is -0.122. The summed E-state index contributed by atoms with van der Waals surface area (Å²) >= 11 is 0. The van der Waals surface area contributed by atoms with Crippen LogP contribution in [0.2, 0.25) is 0 Å². The zero-order valence-corrected chi connectivity index (χ0v) is 12.3. The first-order chi connectivity index (χ1) is 10.1. The average molecular weight is 290 g/mol. The van der Waals surface area contributed by atoms with Crippen molar-refractivity contribution >= 4 is 11.8 Å². The van der Waals surface area contributed by atoms with Gasteiger partial charge in [-0.2, -0.15) is 0 Å². The van der Waals surface area contributed by atoms with Gasteiger partial charge in [0.15, 0.2) is 0 Å². The van der Waals surface area contributed by atoms with Crippen LogP contribution in [-0.4, -0.2) is 36.1 Å². The largest absolute Gasteiger partial charge is 0.396 e. The molecule has 1 aromatic carbocycles. The molecule has 2 rings (SSSR count). The van der Waals surface area contributed by atoms with Gasteiger partial charge in [-0.15, -0.1) is 0 Å². The molecule has 2 amide bonds. The summed E-state index contributed by atoms with van der Waals surface area (Å²) in [6.07, 6.45) is 2.80. The molecule has 3 N–H and O–H groups in total. The van der Waals surface area contributed by atoms with Crippen LogP contribution >= 0.6 is 0 Å². The molecule has 1 unspecified atom stereocenters. The van der Waals surface area contributed by atoms with Crippen molar-refractivity contribution in [1.29, 1.82) is 0 Å². The van der Waals surface area contributed by atoms with Gasteiger partial charge in [-0.1, -0.05) is 18.2 Å². The maximum atomic E-state index is 12.0. The lowest BCUT2D eigenvalue weighted by atomic mass is 10.0. The number of amides is 2. The van der Waals surface area contributed by atoms with Crippen LogP contribution in [-0.2, 0) is 4.79 Å². The van der Waals surface area contributed by atoms with Crippen LogP contribution in [0.5, 0.6) is 0 Å². The third kappa shape index (κ3) is 4.29. The summed E-state index contributed by atoms with van der Waals surface area (Å²) in [6, 6.07) is 8.24. The normalized spacial score (nSPS) is 16.9. The van der Waals surface area contributed by atoms with E-state index in [0.717, 1.165) is 19.3 Å². The zero-order valence-electron chi connectivity index (χ0n) is 12.3. The summed E-state index contributed by atoms with van der Waals surface area (Å²) in [5.41, 5.74) is 0.615. The fourth-order valence-corrected chi connectivity index (χ4v) is 2.29. The molecule has 0 bridgehead atoms. The first kappa shape index (κ1) is 15.5. The molecule has 1 aromatic rings. The summed E-state index contributed by atoms with van der Waals surface area (Å²) < 4.78 is 0. The van der Waals surface area contributed by atoms with E-state index in [-0.39, 0.29) is 23.8 Å². The van der Waals surface area contributed by atoms with Gasteiger partial charge in [0.2, 0.25) is 5.91 Å². The molecule has 5 nitrogen and oxygen atoms in total. The standard InChI is InChI=1S/C16H22N2O3/c1-12(18-15(21)13-5-3-2-4-6-13)14(20)17-11-16(7-8-16)9-10-19/h2-6,12,19H,7-11H2,1H3,(H,17,20)(H,18,21). The smallest absolute Gasteiger partial charge is 0.251 e. The molecule has 5 heteroatoms. The summed E-state index contributed by atoms with van der Waals surface area (Å²) in [5.74, 6) is -0.446. The van der Waals surface area contributed by atoms with E-state index in [0.29, 0.717) is 12.1 Å². The van der Waals surface area contributed by atoms with Gasteiger partial charge in [-0.25, -0.2) is 0 Å². The molecule has 1 saturated carbocycles. The van der Waals surface area contributed by atoms with Crippen molar-refractivity contribution < 1.29 is 14.7 Å². The Labute approximate surface area is 124 Å². The van der Waals surface area contributed by atoms with Gasteiger partial charge in [0.25, 0.3) is 5.91 Å². The van der Waals surface area contributed by atoms with E-state index in [4.69, 9.17) is 5.11 Å². The fourth-order valence-electron chi connectivity index (χ4n) is 2.29. The second-order valence-electron chi connectivity index (χ2n) is 5.75. The second-order valence-corrected chi connectivity index (χ2v) is 5.75. The molecular formula is C16H22N2O3. The van der Waals surface area contributed by atoms with Crippen LogP contribution in [0.4, 0.5) is 0 Å². The molecule has 0 heterocycles. The van der Waals surface area contributed by atoms with Crippen LogP contribution in [0.3, 0.4) is 0 Å². The van der Waals surface area contributed by atoms with Crippen LogP contribution in [0, 0.1) is 5.41 Å². The van der Waals surface area contributed by atoms with Crippen molar-refractivity contribution in [2.45, 2.75) is 32.2 Å². The van der Waals surface area contributed by atoms with E-state index in [1.165, 1.54) is 0 Å². The fraction of sp³-hybridized carbons (Fsp3) is 0.500. The zero-order chi connectivity index (χ0) is 15.3. The molecule has 1 atom stereocenters. The number of aliphatic hydroxyl groups is 1. The highest BCUT2D eigenvalue weighted by atomic mass is 16.3. The Bertz CT molecular complexity index is 498. The van der Waals surface area contributed by atoms with E-state index in [2.05, 4.69) is 10.6 Å². The molecule has 21 heavy (non-hydrogen) atoms.